The monoisotopic (exact) mass is 677 g/mol. The molecule has 0 spiro atoms. The normalized spacial score (nSPS) is 11.4. The van der Waals surface area contributed by atoms with Crippen molar-refractivity contribution in [2.75, 3.05) is 0 Å². The highest BCUT2D eigenvalue weighted by Crippen LogP contribution is 2.41. The van der Waals surface area contributed by atoms with Gasteiger partial charge in [0.15, 0.2) is 17.5 Å². The average molecular weight is 678 g/mol. The highest BCUT2D eigenvalue weighted by molar-refractivity contribution is 6.19. The zero-order chi connectivity index (χ0) is 35.1. The minimum atomic E-state index is 0.605. The first-order valence-electron chi connectivity index (χ1n) is 17.8. The molecule has 53 heavy (non-hydrogen) atoms. The Balaban J connectivity index is 1.13. The van der Waals surface area contributed by atoms with Crippen molar-refractivity contribution in [2.24, 2.45) is 0 Å². The van der Waals surface area contributed by atoms with E-state index in [-0.39, 0.29) is 0 Å². The highest BCUT2D eigenvalue weighted by atomic mass is 16.3. The Morgan fingerprint density at radius 1 is 0.283 bits per heavy atom. The van der Waals surface area contributed by atoms with E-state index in [2.05, 4.69) is 140 Å². The van der Waals surface area contributed by atoms with Crippen molar-refractivity contribution in [3.05, 3.63) is 188 Å². The summed E-state index contributed by atoms with van der Waals surface area (Å²) in [6.45, 7) is 0. The Morgan fingerprint density at radius 2 is 0.755 bits per heavy atom. The van der Waals surface area contributed by atoms with Gasteiger partial charge in [-0.25, -0.2) is 15.0 Å². The van der Waals surface area contributed by atoms with Crippen molar-refractivity contribution >= 4 is 32.7 Å². The molecule has 4 nitrogen and oxygen atoms in total. The highest BCUT2D eigenvalue weighted by Gasteiger charge is 2.18. The smallest absolute Gasteiger partial charge is 0.164 e. The van der Waals surface area contributed by atoms with Gasteiger partial charge in [0.2, 0.25) is 0 Å². The van der Waals surface area contributed by atoms with Crippen molar-refractivity contribution in [1.82, 2.24) is 15.0 Å². The van der Waals surface area contributed by atoms with Gasteiger partial charge in [0.1, 0.15) is 11.2 Å². The van der Waals surface area contributed by atoms with Crippen LogP contribution in [0.4, 0.5) is 0 Å². The quantitative estimate of drug-likeness (QED) is 0.176. The summed E-state index contributed by atoms with van der Waals surface area (Å²) in [5, 5.41) is 4.29. The van der Waals surface area contributed by atoms with Crippen LogP contribution in [0.3, 0.4) is 0 Å². The second-order valence-corrected chi connectivity index (χ2v) is 13.2. The predicted molar refractivity (Wildman–Crippen MR) is 217 cm³/mol. The average Bonchev–Trinajstić information content (AvgIpc) is 3.62. The van der Waals surface area contributed by atoms with Crippen LogP contribution >= 0.6 is 0 Å². The fraction of sp³-hybridized carbons (Fsp3) is 0. The molecule has 4 heteroatoms. The van der Waals surface area contributed by atoms with Crippen LogP contribution in [-0.2, 0) is 0 Å². The second kappa shape index (κ2) is 12.9. The van der Waals surface area contributed by atoms with Crippen molar-refractivity contribution < 1.29 is 4.42 Å². The van der Waals surface area contributed by atoms with Gasteiger partial charge >= 0.3 is 0 Å². The molecule has 8 aromatic carbocycles. The summed E-state index contributed by atoms with van der Waals surface area (Å²) >= 11 is 0. The Labute approximate surface area is 306 Å². The molecule has 0 radical (unpaired) electrons. The number of hydrogen-bond donors (Lipinski definition) is 0. The maximum atomic E-state index is 6.62. The topological polar surface area (TPSA) is 51.8 Å². The lowest BCUT2D eigenvalue weighted by atomic mass is 9.93. The van der Waals surface area contributed by atoms with Crippen LogP contribution < -0.4 is 0 Å². The maximum Gasteiger partial charge on any atom is 0.164 e. The van der Waals surface area contributed by atoms with E-state index in [4.69, 9.17) is 19.4 Å². The standard InChI is InChI=1S/C49H31N3O/c1-4-13-32(14-5-1)34-23-25-36(26-24-34)48-50-47(35-17-8-3-9-18-35)51-49(52-48)39-27-28-45-43(30-39)44-31-42(40-21-10-11-22-41(40)46(44)53-45)38-20-12-19-37(29-38)33-15-6-2-7-16-33/h1-31H. The van der Waals surface area contributed by atoms with E-state index in [9.17, 15) is 0 Å². The molecule has 0 unspecified atom stereocenters. The molecule has 0 aliphatic heterocycles. The van der Waals surface area contributed by atoms with Crippen molar-refractivity contribution in [2.45, 2.75) is 0 Å². The number of aromatic nitrogens is 3. The number of benzene rings is 8. The molecule has 0 saturated heterocycles. The summed E-state index contributed by atoms with van der Waals surface area (Å²) in [5.74, 6) is 1.85. The molecule has 0 bridgehead atoms. The fourth-order valence-electron chi connectivity index (χ4n) is 7.27. The van der Waals surface area contributed by atoms with Gasteiger partial charge in [-0.2, -0.15) is 0 Å². The summed E-state index contributed by atoms with van der Waals surface area (Å²) in [6, 6.07) is 65.2. The van der Waals surface area contributed by atoms with E-state index in [0.717, 1.165) is 66.1 Å². The number of nitrogens with zero attached hydrogens (tertiary/aromatic N) is 3. The third-order valence-electron chi connectivity index (χ3n) is 9.93. The molecule has 10 aromatic rings. The summed E-state index contributed by atoms with van der Waals surface area (Å²) in [6.07, 6.45) is 0. The van der Waals surface area contributed by atoms with Crippen molar-refractivity contribution in [3.8, 4) is 67.5 Å². The Kier molecular flexibility index (Phi) is 7.43. The molecule has 2 aromatic heterocycles. The molecule has 248 valence electrons. The lowest BCUT2D eigenvalue weighted by Crippen LogP contribution is -2.00. The molecule has 0 aliphatic carbocycles. The lowest BCUT2D eigenvalue weighted by Gasteiger charge is -2.10. The van der Waals surface area contributed by atoms with Gasteiger partial charge in [-0.3, -0.25) is 0 Å². The van der Waals surface area contributed by atoms with Gasteiger partial charge in [0, 0.05) is 32.8 Å². The zero-order valence-corrected chi connectivity index (χ0v) is 28.6. The van der Waals surface area contributed by atoms with Crippen LogP contribution in [-0.4, -0.2) is 15.0 Å². The molecule has 0 aliphatic rings. The third-order valence-corrected chi connectivity index (χ3v) is 9.93. The van der Waals surface area contributed by atoms with Gasteiger partial charge < -0.3 is 4.42 Å². The molecule has 10 rings (SSSR count). The SMILES string of the molecule is c1ccc(-c2ccc(-c3nc(-c4ccccc4)nc(-c4ccc5oc6c7ccccc7c(-c7cccc(-c8ccccc8)c7)cc6c5c4)n3)cc2)cc1. The first kappa shape index (κ1) is 30.6. The molecular weight excluding hydrogens is 647 g/mol. The third kappa shape index (κ3) is 5.63. The largest absolute Gasteiger partial charge is 0.455 e. The molecule has 0 fully saturated rings. The number of fused-ring (bicyclic) bond motifs is 5. The summed E-state index contributed by atoms with van der Waals surface area (Å²) in [4.78, 5) is 15.1. The van der Waals surface area contributed by atoms with Gasteiger partial charge in [-0.1, -0.05) is 158 Å². The zero-order valence-electron chi connectivity index (χ0n) is 28.6. The maximum absolute atomic E-state index is 6.62. The first-order chi connectivity index (χ1) is 26.2. The Morgan fingerprint density at radius 3 is 1.43 bits per heavy atom. The van der Waals surface area contributed by atoms with Crippen LogP contribution in [0, 0.1) is 0 Å². The lowest BCUT2D eigenvalue weighted by molar-refractivity contribution is 0.672. The van der Waals surface area contributed by atoms with Gasteiger partial charge in [-0.05, 0) is 69.1 Å². The fourth-order valence-corrected chi connectivity index (χ4v) is 7.27. The predicted octanol–water partition coefficient (Wildman–Crippen LogP) is 12.9. The van der Waals surface area contributed by atoms with E-state index < -0.39 is 0 Å². The van der Waals surface area contributed by atoms with Crippen LogP contribution in [0.1, 0.15) is 0 Å². The van der Waals surface area contributed by atoms with Crippen molar-refractivity contribution in [3.63, 3.8) is 0 Å². The number of furan rings is 1. The van der Waals surface area contributed by atoms with Gasteiger partial charge in [0.05, 0.1) is 0 Å². The molecule has 0 atom stereocenters. The minimum absolute atomic E-state index is 0.605. The molecule has 0 amide bonds. The van der Waals surface area contributed by atoms with Crippen LogP contribution in [0.2, 0.25) is 0 Å². The molecule has 0 N–H and O–H groups in total. The van der Waals surface area contributed by atoms with Crippen molar-refractivity contribution in [1.29, 1.82) is 0 Å². The van der Waals surface area contributed by atoms with E-state index >= 15 is 0 Å². The van der Waals surface area contributed by atoms with E-state index in [1.165, 1.54) is 16.7 Å². The second-order valence-electron chi connectivity index (χ2n) is 13.2. The molecular formula is C49H31N3O. The minimum Gasteiger partial charge on any atom is -0.455 e. The van der Waals surface area contributed by atoms with Crippen LogP contribution in [0.5, 0.6) is 0 Å². The first-order valence-corrected chi connectivity index (χ1v) is 17.8. The van der Waals surface area contributed by atoms with Gasteiger partial charge in [0.25, 0.3) is 0 Å². The van der Waals surface area contributed by atoms with Gasteiger partial charge in [-0.15, -0.1) is 0 Å². The van der Waals surface area contributed by atoms with E-state index in [0.29, 0.717) is 17.5 Å². The summed E-state index contributed by atoms with van der Waals surface area (Å²) in [5.41, 5.74) is 11.4. The van der Waals surface area contributed by atoms with E-state index in [1.54, 1.807) is 0 Å². The van der Waals surface area contributed by atoms with E-state index in [1.807, 2.05) is 48.5 Å². The summed E-state index contributed by atoms with van der Waals surface area (Å²) < 4.78 is 6.62. The summed E-state index contributed by atoms with van der Waals surface area (Å²) in [7, 11) is 0. The Bertz CT molecular complexity index is 2920. The molecule has 0 saturated carbocycles. The number of rotatable bonds is 6. The molecule has 2 heterocycles. The van der Waals surface area contributed by atoms with Crippen LogP contribution in [0.15, 0.2) is 192 Å². The number of hydrogen-bond acceptors (Lipinski definition) is 4. The Hall–Kier alpha value is -7.17. The van der Waals surface area contributed by atoms with Crippen LogP contribution in [0.25, 0.3) is 100 Å².